The minimum absolute atomic E-state index is 0.0574. The predicted molar refractivity (Wildman–Crippen MR) is 107 cm³/mol. The summed E-state index contributed by atoms with van der Waals surface area (Å²) in [7, 11) is 0. The van der Waals surface area contributed by atoms with E-state index in [4.69, 9.17) is 0 Å². The first-order valence-electron chi connectivity index (χ1n) is 9.72. The van der Waals surface area contributed by atoms with Gasteiger partial charge in [0.1, 0.15) is 18.5 Å². The second-order valence-electron chi connectivity index (χ2n) is 7.22. The Labute approximate surface area is 172 Å². The molecule has 0 spiro atoms. The van der Waals surface area contributed by atoms with Crippen LogP contribution in [0.3, 0.4) is 0 Å². The summed E-state index contributed by atoms with van der Waals surface area (Å²) in [6.45, 7) is 0.994. The van der Waals surface area contributed by atoms with E-state index in [-0.39, 0.29) is 30.0 Å². The fourth-order valence-corrected chi connectivity index (χ4v) is 3.47. The quantitative estimate of drug-likeness (QED) is 0.699. The Kier molecular flexibility index (Phi) is 5.78. The molecule has 1 aromatic carbocycles. The lowest BCUT2D eigenvalue weighted by atomic mass is 9.96. The van der Waals surface area contributed by atoms with Crippen LogP contribution in [0.4, 0.5) is 10.1 Å². The van der Waals surface area contributed by atoms with Crippen molar-refractivity contribution in [3.05, 3.63) is 66.6 Å². The van der Waals surface area contributed by atoms with Gasteiger partial charge in [0, 0.05) is 13.1 Å². The van der Waals surface area contributed by atoms with E-state index in [2.05, 4.69) is 20.4 Å². The van der Waals surface area contributed by atoms with Crippen molar-refractivity contribution >= 4 is 17.5 Å². The number of nitrogens with zero attached hydrogens (tertiary/aromatic N) is 5. The highest BCUT2D eigenvalue weighted by Crippen LogP contribution is 2.20. The van der Waals surface area contributed by atoms with E-state index < -0.39 is 0 Å². The molecule has 0 bridgehead atoms. The number of rotatable bonds is 5. The summed E-state index contributed by atoms with van der Waals surface area (Å²) < 4.78 is 14.6. The van der Waals surface area contributed by atoms with Crippen LogP contribution < -0.4 is 5.32 Å². The van der Waals surface area contributed by atoms with Crippen LogP contribution >= 0.6 is 0 Å². The summed E-state index contributed by atoms with van der Waals surface area (Å²) in [5, 5.41) is 6.88. The highest BCUT2D eigenvalue weighted by molar-refractivity contribution is 5.93. The molecule has 2 aromatic heterocycles. The Morgan fingerprint density at radius 2 is 2.00 bits per heavy atom. The van der Waals surface area contributed by atoms with Crippen LogP contribution in [0.5, 0.6) is 0 Å². The summed E-state index contributed by atoms with van der Waals surface area (Å²) in [6.07, 6.45) is 6.20. The second kappa shape index (κ2) is 8.81. The first-order valence-corrected chi connectivity index (χ1v) is 9.72. The zero-order valence-corrected chi connectivity index (χ0v) is 16.2. The van der Waals surface area contributed by atoms with Gasteiger partial charge in [0.25, 0.3) is 0 Å². The van der Waals surface area contributed by atoms with Crippen molar-refractivity contribution < 1.29 is 14.0 Å². The van der Waals surface area contributed by atoms with E-state index in [0.717, 1.165) is 18.4 Å². The van der Waals surface area contributed by atoms with Crippen molar-refractivity contribution in [2.75, 3.05) is 18.4 Å². The van der Waals surface area contributed by atoms with Gasteiger partial charge in [0.05, 0.1) is 24.2 Å². The number of halogens is 1. The third kappa shape index (κ3) is 4.68. The van der Waals surface area contributed by atoms with Crippen LogP contribution in [-0.2, 0) is 16.0 Å². The van der Waals surface area contributed by atoms with E-state index in [1.807, 2.05) is 0 Å². The SMILES string of the molecule is O=C(Nc1ccc(-n2cncn2)nc1)C1CCCN(C(=O)Cc2ccc(F)cc2)C1. The van der Waals surface area contributed by atoms with Crippen molar-refractivity contribution in [2.45, 2.75) is 19.3 Å². The van der Waals surface area contributed by atoms with Gasteiger partial charge in [-0.05, 0) is 42.7 Å². The van der Waals surface area contributed by atoms with Gasteiger partial charge >= 0.3 is 0 Å². The molecule has 1 saturated heterocycles. The minimum Gasteiger partial charge on any atom is -0.342 e. The van der Waals surface area contributed by atoms with Crippen molar-refractivity contribution in [1.29, 1.82) is 0 Å². The second-order valence-corrected chi connectivity index (χ2v) is 7.22. The van der Waals surface area contributed by atoms with E-state index in [1.165, 1.54) is 23.1 Å². The van der Waals surface area contributed by atoms with Gasteiger partial charge in [-0.1, -0.05) is 12.1 Å². The van der Waals surface area contributed by atoms with Crippen LogP contribution in [0.15, 0.2) is 55.2 Å². The number of nitrogens with one attached hydrogen (secondary N) is 1. The lowest BCUT2D eigenvalue weighted by molar-refractivity contribution is -0.133. The normalized spacial score (nSPS) is 16.3. The van der Waals surface area contributed by atoms with E-state index in [0.29, 0.717) is 24.6 Å². The lowest BCUT2D eigenvalue weighted by Gasteiger charge is -2.32. The Hall–Kier alpha value is -3.62. The van der Waals surface area contributed by atoms with Gasteiger partial charge in [-0.15, -0.1) is 0 Å². The van der Waals surface area contributed by atoms with Gasteiger partial charge < -0.3 is 10.2 Å². The molecule has 1 aliphatic rings. The van der Waals surface area contributed by atoms with Gasteiger partial charge in [0.15, 0.2) is 5.82 Å². The third-order valence-corrected chi connectivity index (χ3v) is 5.08. The van der Waals surface area contributed by atoms with E-state index in [9.17, 15) is 14.0 Å². The number of aromatic nitrogens is 4. The highest BCUT2D eigenvalue weighted by Gasteiger charge is 2.28. The average molecular weight is 408 g/mol. The number of carbonyl (C=O) groups excluding carboxylic acids is 2. The smallest absolute Gasteiger partial charge is 0.229 e. The van der Waals surface area contributed by atoms with Crippen molar-refractivity contribution in [1.82, 2.24) is 24.6 Å². The minimum atomic E-state index is -0.329. The fourth-order valence-electron chi connectivity index (χ4n) is 3.47. The molecule has 0 aliphatic carbocycles. The molecule has 1 aliphatic heterocycles. The molecule has 1 N–H and O–H groups in total. The summed E-state index contributed by atoms with van der Waals surface area (Å²) in [4.78, 5) is 35.2. The molecule has 30 heavy (non-hydrogen) atoms. The van der Waals surface area contributed by atoms with Crippen LogP contribution in [0.25, 0.3) is 5.82 Å². The van der Waals surface area contributed by atoms with Crippen LogP contribution in [0.1, 0.15) is 18.4 Å². The molecule has 4 rings (SSSR count). The highest BCUT2D eigenvalue weighted by atomic mass is 19.1. The van der Waals surface area contributed by atoms with Crippen LogP contribution in [0, 0.1) is 11.7 Å². The number of benzene rings is 1. The Balaban J connectivity index is 1.34. The zero-order chi connectivity index (χ0) is 20.9. The Bertz CT molecular complexity index is 1000. The molecular weight excluding hydrogens is 387 g/mol. The Morgan fingerprint density at radius 1 is 1.17 bits per heavy atom. The first-order chi connectivity index (χ1) is 14.6. The van der Waals surface area contributed by atoms with Crippen LogP contribution in [0.2, 0.25) is 0 Å². The number of pyridine rings is 1. The number of amides is 2. The van der Waals surface area contributed by atoms with E-state index >= 15 is 0 Å². The number of carbonyl (C=O) groups is 2. The molecule has 1 unspecified atom stereocenters. The largest absolute Gasteiger partial charge is 0.342 e. The zero-order valence-electron chi connectivity index (χ0n) is 16.2. The van der Waals surface area contributed by atoms with Crippen molar-refractivity contribution in [2.24, 2.45) is 5.92 Å². The maximum absolute atomic E-state index is 13.0. The molecule has 3 aromatic rings. The third-order valence-electron chi connectivity index (χ3n) is 5.08. The van der Waals surface area contributed by atoms with Gasteiger partial charge in [-0.2, -0.15) is 5.10 Å². The molecular formula is C21H21FN6O2. The first kappa shape index (κ1) is 19.7. The maximum Gasteiger partial charge on any atom is 0.229 e. The fraction of sp³-hybridized carbons (Fsp3) is 0.286. The molecule has 1 fully saturated rings. The molecule has 2 amide bonds. The standard InChI is InChI=1S/C21H21FN6O2/c22-17-5-3-15(4-6-17)10-20(29)27-9-1-2-16(12-27)21(30)26-18-7-8-19(24-11-18)28-14-23-13-25-28/h3-8,11,13-14,16H,1-2,9-10,12H2,(H,26,30). The average Bonchev–Trinajstić information content (AvgIpc) is 3.31. The van der Waals surface area contributed by atoms with Crippen molar-refractivity contribution in [3.8, 4) is 5.82 Å². The van der Waals surface area contributed by atoms with E-state index in [1.54, 1.807) is 41.7 Å². The monoisotopic (exact) mass is 408 g/mol. The van der Waals surface area contributed by atoms with Gasteiger partial charge in [-0.3, -0.25) is 9.59 Å². The number of hydrogen-bond donors (Lipinski definition) is 1. The maximum atomic E-state index is 13.0. The number of piperidine rings is 1. The molecule has 1 atom stereocenters. The molecule has 0 radical (unpaired) electrons. The number of anilines is 1. The molecule has 3 heterocycles. The van der Waals surface area contributed by atoms with Gasteiger partial charge in [0.2, 0.25) is 11.8 Å². The van der Waals surface area contributed by atoms with Crippen LogP contribution in [-0.4, -0.2) is 49.6 Å². The van der Waals surface area contributed by atoms with Gasteiger partial charge in [-0.25, -0.2) is 19.0 Å². The molecule has 154 valence electrons. The summed E-state index contributed by atoms with van der Waals surface area (Å²) in [5.41, 5.74) is 1.34. The number of hydrogen-bond acceptors (Lipinski definition) is 5. The van der Waals surface area contributed by atoms with Crippen molar-refractivity contribution in [3.63, 3.8) is 0 Å². The molecule has 0 saturated carbocycles. The summed E-state index contributed by atoms with van der Waals surface area (Å²) in [6, 6.07) is 9.40. The summed E-state index contributed by atoms with van der Waals surface area (Å²) in [5.74, 6) is -0.209. The summed E-state index contributed by atoms with van der Waals surface area (Å²) >= 11 is 0. The topological polar surface area (TPSA) is 93.0 Å². The Morgan fingerprint density at radius 3 is 2.70 bits per heavy atom. The lowest BCUT2D eigenvalue weighted by Crippen LogP contribution is -2.44. The molecule has 9 heteroatoms. The molecule has 8 nitrogen and oxygen atoms in total. The number of likely N-dealkylation sites (tertiary alicyclic amines) is 1. The predicted octanol–water partition coefficient (Wildman–Crippen LogP) is 2.22.